The van der Waals surface area contributed by atoms with E-state index in [1.54, 1.807) is 12.1 Å². The quantitative estimate of drug-likeness (QED) is 0.713. The molecule has 0 aromatic heterocycles. The van der Waals surface area contributed by atoms with E-state index in [2.05, 4.69) is 0 Å². The average Bonchev–Trinajstić information content (AvgIpc) is 2.03. The van der Waals surface area contributed by atoms with E-state index < -0.39 is 12.0 Å². The number of nitrogens with two attached hydrogens (primary N) is 1. The maximum atomic E-state index is 10.3. The molecule has 78 valence electrons. The Balaban J connectivity index is 0.00000169. The molecule has 0 saturated carbocycles. The molecular formula is C9H12ClNO3. The van der Waals surface area contributed by atoms with Crippen LogP contribution in [0.5, 0.6) is 5.75 Å². The number of benzene rings is 1. The van der Waals surface area contributed by atoms with Crippen molar-refractivity contribution in [3.05, 3.63) is 29.8 Å². The van der Waals surface area contributed by atoms with E-state index in [9.17, 15) is 4.79 Å². The Morgan fingerprint density at radius 1 is 1.50 bits per heavy atom. The van der Waals surface area contributed by atoms with Crippen molar-refractivity contribution in [1.82, 2.24) is 0 Å². The Kier molecular flexibility index (Phi) is 4.97. The molecule has 4 nitrogen and oxygen atoms in total. The Hall–Kier alpha value is -1.26. The molecule has 0 unspecified atom stereocenters. The maximum Gasteiger partial charge on any atom is 0.305 e. The summed E-state index contributed by atoms with van der Waals surface area (Å²) in [5, 5.41) is 17.6. The zero-order valence-electron chi connectivity index (χ0n) is 7.38. The predicted molar refractivity (Wildman–Crippen MR) is 54.5 cm³/mol. The number of carboxylic acids is 1. The van der Waals surface area contributed by atoms with Crippen LogP contribution in [0.25, 0.3) is 0 Å². The van der Waals surface area contributed by atoms with Crippen LogP contribution >= 0.6 is 12.4 Å². The summed E-state index contributed by atoms with van der Waals surface area (Å²) in [5.74, 6) is -0.853. The zero-order chi connectivity index (χ0) is 9.84. The number of phenols is 1. The van der Waals surface area contributed by atoms with Gasteiger partial charge in [0.15, 0.2) is 0 Å². The SMILES string of the molecule is Cl.N[C@@H](CC(=O)O)c1cccc(O)c1. The molecule has 14 heavy (non-hydrogen) atoms. The molecule has 0 amide bonds. The zero-order valence-corrected chi connectivity index (χ0v) is 8.20. The van der Waals surface area contributed by atoms with Crippen molar-refractivity contribution in [2.75, 3.05) is 0 Å². The van der Waals surface area contributed by atoms with Gasteiger partial charge in [-0.2, -0.15) is 0 Å². The molecule has 5 heteroatoms. The van der Waals surface area contributed by atoms with Crippen LogP contribution < -0.4 is 5.73 Å². The molecule has 0 spiro atoms. The van der Waals surface area contributed by atoms with Crippen molar-refractivity contribution in [2.24, 2.45) is 5.73 Å². The minimum absolute atomic E-state index is 0. The fourth-order valence-electron chi connectivity index (χ4n) is 1.06. The van der Waals surface area contributed by atoms with Crippen molar-refractivity contribution < 1.29 is 15.0 Å². The van der Waals surface area contributed by atoms with Gasteiger partial charge in [0.2, 0.25) is 0 Å². The second-order valence-corrected chi connectivity index (χ2v) is 2.80. The van der Waals surface area contributed by atoms with Crippen LogP contribution in [0.4, 0.5) is 0 Å². The van der Waals surface area contributed by atoms with E-state index >= 15 is 0 Å². The number of halogens is 1. The van der Waals surface area contributed by atoms with Crippen LogP contribution in [-0.2, 0) is 4.79 Å². The second-order valence-electron chi connectivity index (χ2n) is 2.80. The molecule has 0 bridgehead atoms. The van der Waals surface area contributed by atoms with Gasteiger partial charge < -0.3 is 15.9 Å². The summed E-state index contributed by atoms with van der Waals surface area (Å²) in [4.78, 5) is 10.3. The smallest absolute Gasteiger partial charge is 0.305 e. The summed E-state index contributed by atoms with van der Waals surface area (Å²) in [5.41, 5.74) is 6.20. The first-order valence-corrected chi connectivity index (χ1v) is 3.86. The third kappa shape index (κ3) is 3.64. The van der Waals surface area contributed by atoms with Gasteiger partial charge in [-0.15, -0.1) is 12.4 Å². The molecule has 0 heterocycles. The van der Waals surface area contributed by atoms with Gasteiger partial charge in [-0.1, -0.05) is 12.1 Å². The second kappa shape index (κ2) is 5.47. The first kappa shape index (κ1) is 12.7. The van der Waals surface area contributed by atoms with Crippen LogP contribution in [0.15, 0.2) is 24.3 Å². The number of aliphatic carboxylic acids is 1. The van der Waals surface area contributed by atoms with Crippen molar-refractivity contribution in [3.63, 3.8) is 0 Å². The normalized spacial score (nSPS) is 11.5. The Morgan fingerprint density at radius 3 is 2.64 bits per heavy atom. The highest BCUT2D eigenvalue weighted by molar-refractivity contribution is 5.85. The molecule has 0 aliphatic rings. The van der Waals surface area contributed by atoms with Crippen LogP contribution in [0, 0.1) is 0 Å². The highest BCUT2D eigenvalue weighted by Crippen LogP contribution is 2.18. The molecule has 1 atom stereocenters. The highest BCUT2D eigenvalue weighted by atomic mass is 35.5. The fraction of sp³-hybridized carbons (Fsp3) is 0.222. The van der Waals surface area contributed by atoms with Gasteiger partial charge in [0.1, 0.15) is 5.75 Å². The van der Waals surface area contributed by atoms with Crippen LogP contribution in [0.1, 0.15) is 18.0 Å². The number of aromatic hydroxyl groups is 1. The third-order valence-corrected chi connectivity index (χ3v) is 1.69. The molecule has 1 aromatic carbocycles. The Labute approximate surface area is 87.8 Å². The van der Waals surface area contributed by atoms with Crippen molar-refractivity contribution in [3.8, 4) is 5.75 Å². The van der Waals surface area contributed by atoms with Gasteiger partial charge in [-0.05, 0) is 17.7 Å². The van der Waals surface area contributed by atoms with Crippen molar-refractivity contribution >= 4 is 18.4 Å². The molecule has 0 saturated heterocycles. The third-order valence-electron chi connectivity index (χ3n) is 1.69. The number of hydrogen-bond acceptors (Lipinski definition) is 3. The van der Waals surface area contributed by atoms with Crippen molar-refractivity contribution in [1.29, 1.82) is 0 Å². The van der Waals surface area contributed by atoms with E-state index in [4.69, 9.17) is 15.9 Å². The lowest BCUT2D eigenvalue weighted by atomic mass is 10.0. The van der Waals surface area contributed by atoms with E-state index in [1.807, 2.05) is 0 Å². The molecule has 0 aliphatic heterocycles. The molecule has 1 aromatic rings. The summed E-state index contributed by atoms with van der Waals surface area (Å²) in [6.45, 7) is 0. The van der Waals surface area contributed by atoms with Crippen LogP contribution in [0.3, 0.4) is 0 Å². The lowest BCUT2D eigenvalue weighted by Crippen LogP contribution is -2.14. The highest BCUT2D eigenvalue weighted by Gasteiger charge is 2.10. The summed E-state index contributed by atoms with van der Waals surface area (Å²) >= 11 is 0. The lowest BCUT2D eigenvalue weighted by molar-refractivity contribution is -0.137. The Morgan fingerprint density at radius 2 is 2.14 bits per heavy atom. The number of hydrogen-bond donors (Lipinski definition) is 3. The van der Waals surface area contributed by atoms with Gasteiger partial charge >= 0.3 is 5.97 Å². The van der Waals surface area contributed by atoms with Crippen LogP contribution in [-0.4, -0.2) is 16.2 Å². The Bertz CT molecular complexity index is 317. The van der Waals surface area contributed by atoms with E-state index in [0.717, 1.165) is 0 Å². The summed E-state index contributed by atoms with van der Waals surface area (Å²) < 4.78 is 0. The molecular weight excluding hydrogens is 206 g/mol. The molecule has 4 N–H and O–H groups in total. The van der Waals surface area contributed by atoms with Gasteiger partial charge in [0.05, 0.1) is 6.42 Å². The first-order chi connectivity index (χ1) is 6.09. The number of rotatable bonds is 3. The monoisotopic (exact) mass is 217 g/mol. The van der Waals surface area contributed by atoms with E-state index in [-0.39, 0.29) is 24.6 Å². The predicted octanol–water partition coefficient (Wildman–Crippen LogP) is 1.29. The summed E-state index contributed by atoms with van der Waals surface area (Å²) in [6, 6.07) is 5.73. The maximum absolute atomic E-state index is 10.3. The molecule has 0 aliphatic carbocycles. The average molecular weight is 218 g/mol. The minimum atomic E-state index is -0.948. The van der Waals surface area contributed by atoms with E-state index in [1.165, 1.54) is 12.1 Å². The lowest BCUT2D eigenvalue weighted by Gasteiger charge is -2.08. The first-order valence-electron chi connectivity index (χ1n) is 3.86. The minimum Gasteiger partial charge on any atom is -0.508 e. The summed E-state index contributed by atoms with van der Waals surface area (Å²) in [6.07, 6.45) is -0.135. The van der Waals surface area contributed by atoms with Gasteiger partial charge in [-0.3, -0.25) is 4.79 Å². The molecule has 0 fully saturated rings. The van der Waals surface area contributed by atoms with Gasteiger partial charge in [0.25, 0.3) is 0 Å². The van der Waals surface area contributed by atoms with E-state index in [0.29, 0.717) is 5.56 Å². The summed E-state index contributed by atoms with van der Waals surface area (Å²) in [7, 11) is 0. The van der Waals surface area contributed by atoms with Crippen molar-refractivity contribution in [2.45, 2.75) is 12.5 Å². The number of phenolic OH excluding ortho intramolecular Hbond substituents is 1. The largest absolute Gasteiger partial charge is 0.508 e. The topological polar surface area (TPSA) is 83.6 Å². The van der Waals surface area contributed by atoms with Crippen LogP contribution in [0.2, 0.25) is 0 Å². The number of carboxylic acid groups (broad SMARTS) is 1. The molecule has 0 radical (unpaired) electrons. The van der Waals surface area contributed by atoms with Gasteiger partial charge in [-0.25, -0.2) is 0 Å². The standard InChI is InChI=1S/C9H11NO3.ClH/c10-8(5-9(12)13)6-2-1-3-7(11)4-6;/h1-4,8,11H,5,10H2,(H,12,13);1H/t8-;/m0./s1. The fourth-order valence-corrected chi connectivity index (χ4v) is 1.06. The number of carbonyl (C=O) groups is 1. The van der Waals surface area contributed by atoms with Gasteiger partial charge in [0, 0.05) is 6.04 Å². The molecule has 1 rings (SSSR count).